The number of rotatable bonds is 9. The number of hydrogen-bond acceptors (Lipinski definition) is 5. The van der Waals surface area contributed by atoms with Crippen LogP contribution < -0.4 is 4.74 Å². The van der Waals surface area contributed by atoms with Crippen molar-refractivity contribution in [3.05, 3.63) is 120 Å². The summed E-state index contributed by atoms with van der Waals surface area (Å²) < 4.78 is 20.6. The topological polar surface area (TPSA) is 77.3 Å². The molecule has 5 aromatic rings. The fourth-order valence-corrected chi connectivity index (χ4v) is 5.49. The third-order valence-corrected chi connectivity index (χ3v) is 7.50. The third kappa shape index (κ3) is 6.17. The van der Waals surface area contributed by atoms with E-state index in [0.717, 1.165) is 23.0 Å². The second-order valence-electron chi connectivity index (χ2n) is 10.4. The second-order valence-corrected chi connectivity index (χ2v) is 10.4. The summed E-state index contributed by atoms with van der Waals surface area (Å²) >= 11 is 0. The maximum Gasteiger partial charge on any atom is 0.245 e. The summed E-state index contributed by atoms with van der Waals surface area (Å²) in [5.74, 6) is 0.830. The minimum atomic E-state index is -0.513. The van der Waals surface area contributed by atoms with Crippen LogP contribution in [0.4, 0.5) is 4.39 Å². The van der Waals surface area contributed by atoms with Gasteiger partial charge in [0.2, 0.25) is 5.91 Å². The highest BCUT2D eigenvalue weighted by Crippen LogP contribution is 2.29. The SMILES string of the molecule is O=C(Cc1ccc(Oc2ccc(F)cc2)cc1)[C@@H]1C[C@@H](Cc2ccccc2)CN1C(=O)Cn1nnc2ccccc21. The highest BCUT2D eigenvalue weighted by molar-refractivity contribution is 5.91. The lowest BCUT2D eigenvalue weighted by molar-refractivity contribution is -0.138. The van der Waals surface area contributed by atoms with Gasteiger partial charge in [-0.1, -0.05) is 59.8 Å². The van der Waals surface area contributed by atoms with Crippen LogP contribution in [0.5, 0.6) is 11.5 Å². The van der Waals surface area contributed by atoms with Gasteiger partial charge in [0.15, 0.2) is 5.78 Å². The molecule has 1 aliphatic rings. The van der Waals surface area contributed by atoms with Crippen LogP contribution in [0.1, 0.15) is 17.5 Å². The van der Waals surface area contributed by atoms with Gasteiger partial charge in [-0.3, -0.25) is 9.59 Å². The molecular formula is C33H29FN4O3. The van der Waals surface area contributed by atoms with Crippen molar-refractivity contribution in [2.45, 2.75) is 31.8 Å². The Bertz CT molecular complexity index is 1650. The van der Waals surface area contributed by atoms with Gasteiger partial charge >= 0.3 is 0 Å². The number of Topliss-reactive ketones (excluding diaryl/α,β-unsaturated/α-hetero) is 1. The molecule has 0 saturated carbocycles. The number of carbonyl (C=O) groups excluding carboxylic acids is 2. The van der Waals surface area contributed by atoms with Gasteiger partial charge < -0.3 is 9.64 Å². The average Bonchev–Trinajstić information content (AvgIpc) is 3.60. The van der Waals surface area contributed by atoms with Crippen molar-refractivity contribution in [1.82, 2.24) is 19.9 Å². The molecule has 206 valence electrons. The van der Waals surface area contributed by atoms with E-state index in [-0.39, 0.29) is 36.4 Å². The summed E-state index contributed by atoms with van der Waals surface area (Å²) in [6.45, 7) is 0.541. The molecule has 8 heteroatoms. The Morgan fingerprint density at radius 1 is 0.829 bits per heavy atom. The molecule has 6 rings (SSSR count). The van der Waals surface area contributed by atoms with Gasteiger partial charge in [-0.05, 0) is 78.4 Å². The van der Waals surface area contributed by atoms with E-state index < -0.39 is 6.04 Å². The summed E-state index contributed by atoms with van der Waals surface area (Å²) in [4.78, 5) is 29.0. The van der Waals surface area contributed by atoms with E-state index in [1.165, 1.54) is 17.7 Å². The molecule has 7 nitrogen and oxygen atoms in total. The van der Waals surface area contributed by atoms with E-state index in [9.17, 15) is 14.0 Å². The predicted molar refractivity (Wildman–Crippen MR) is 153 cm³/mol. The van der Waals surface area contributed by atoms with Gasteiger partial charge in [0.1, 0.15) is 29.4 Å². The number of halogens is 1. The van der Waals surface area contributed by atoms with Gasteiger partial charge in [0.05, 0.1) is 11.6 Å². The highest BCUT2D eigenvalue weighted by Gasteiger charge is 2.39. The van der Waals surface area contributed by atoms with Crippen LogP contribution in [0, 0.1) is 11.7 Å². The van der Waals surface area contributed by atoms with E-state index in [4.69, 9.17) is 4.74 Å². The summed E-state index contributed by atoms with van der Waals surface area (Å²) in [5, 5.41) is 8.34. The van der Waals surface area contributed by atoms with E-state index >= 15 is 0 Å². The van der Waals surface area contributed by atoms with Crippen molar-refractivity contribution in [1.29, 1.82) is 0 Å². The number of para-hydroxylation sites is 1. The predicted octanol–water partition coefficient (Wildman–Crippen LogP) is 5.63. The van der Waals surface area contributed by atoms with Crippen LogP contribution in [0.3, 0.4) is 0 Å². The zero-order valence-electron chi connectivity index (χ0n) is 22.4. The molecule has 0 radical (unpaired) electrons. The molecular weight excluding hydrogens is 519 g/mol. The third-order valence-electron chi connectivity index (χ3n) is 7.50. The zero-order valence-corrected chi connectivity index (χ0v) is 22.4. The molecule has 1 amide bonds. The Morgan fingerprint density at radius 2 is 1.51 bits per heavy atom. The van der Waals surface area contributed by atoms with Crippen LogP contribution in [0.15, 0.2) is 103 Å². The zero-order chi connectivity index (χ0) is 28.2. The first-order valence-electron chi connectivity index (χ1n) is 13.7. The number of hydrogen-bond donors (Lipinski definition) is 0. The summed E-state index contributed by atoms with van der Waals surface area (Å²) in [7, 11) is 0. The van der Waals surface area contributed by atoms with Crippen LogP contribution in [-0.2, 0) is 29.0 Å². The van der Waals surface area contributed by atoms with Gasteiger partial charge in [0.25, 0.3) is 0 Å². The largest absolute Gasteiger partial charge is 0.457 e. The Morgan fingerprint density at radius 3 is 2.27 bits per heavy atom. The fourth-order valence-electron chi connectivity index (χ4n) is 5.49. The van der Waals surface area contributed by atoms with Crippen LogP contribution in [0.2, 0.25) is 0 Å². The average molecular weight is 549 g/mol. The fraction of sp³-hybridized carbons (Fsp3) is 0.212. The molecule has 2 heterocycles. The second kappa shape index (κ2) is 11.7. The molecule has 0 bridgehead atoms. The van der Waals surface area contributed by atoms with Crippen LogP contribution in [0.25, 0.3) is 11.0 Å². The minimum absolute atomic E-state index is 0.00422. The molecule has 0 spiro atoms. The summed E-state index contributed by atoms with van der Waals surface area (Å²) in [6, 6.07) is 30.3. The standard InChI is InChI=1S/C33H29FN4O3/c34-26-12-16-28(17-13-26)41-27-14-10-24(11-15-27)20-32(39)31-19-25(18-23-6-2-1-3-7-23)21-37(31)33(40)22-38-30-9-5-4-8-29(30)35-36-38/h1-17,25,31H,18-22H2/t25-,31+/m1/s1. The molecule has 1 saturated heterocycles. The summed E-state index contributed by atoms with van der Waals surface area (Å²) in [6.07, 6.45) is 1.62. The lowest BCUT2D eigenvalue weighted by atomic mass is 9.94. The molecule has 2 atom stereocenters. The highest BCUT2D eigenvalue weighted by atomic mass is 19.1. The maximum absolute atomic E-state index is 13.7. The first-order valence-corrected chi connectivity index (χ1v) is 13.7. The van der Waals surface area contributed by atoms with Crippen LogP contribution in [-0.4, -0.2) is 44.2 Å². The van der Waals surface area contributed by atoms with E-state index in [0.29, 0.717) is 24.5 Å². The number of nitrogens with zero attached hydrogens (tertiary/aromatic N) is 4. The molecule has 4 aromatic carbocycles. The number of ether oxygens (including phenoxy) is 1. The van der Waals surface area contributed by atoms with E-state index in [1.807, 2.05) is 54.6 Å². The number of ketones is 1. The van der Waals surface area contributed by atoms with Crippen molar-refractivity contribution < 1.29 is 18.7 Å². The van der Waals surface area contributed by atoms with E-state index in [2.05, 4.69) is 22.4 Å². The number of aromatic nitrogens is 3. The normalized spacial score (nSPS) is 16.7. The van der Waals surface area contributed by atoms with Gasteiger partial charge in [-0.15, -0.1) is 5.10 Å². The van der Waals surface area contributed by atoms with Crippen molar-refractivity contribution in [2.24, 2.45) is 5.92 Å². The van der Waals surface area contributed by atoms with Gasteiger partial charge in [0, 0.05) is 13.0 Å². The van der Waals surface area contributed by atoms with Crippen molar-refractivity contribution >= 4 is 22.7 Å². The molecule has 0 unspecified atom stereocenters. The van der Waals surface area contributed by atoms with Crippen molar-refractivity contribution in [3.63, 3.8) is 0 Å². The lowest BCUT2D eigenvalue weighted by Crippen LogP contribution is -2.43. The Balaban J connectivity index is 1.16. The smallest absolute Gasteiger partial charge is 0.245 e. The number of likely N-dealkylation sites (tertiary alicyclic amines) is 1. The quantitative estimate of drug-likeness (QED) is 0.239. The molecule has 1 fully saturated rings. The Hall–Kier alpha value is -4.85. The number of benzene rings is 4. The molecule has 41 heavy (non-hydrogen) atoms. The Labute approximate surface area is 237 Å². The van der Waals surface area contributed by atoms with Crippen molar-refractivity contribution in [3.8, 4) is 11.5 Å². The summed E-state index contributed by atoms with van der Waals surface area (Å²) in [5.41, 5.74) is 3.54. The molecule has 1 aromatic heterocycles. The van der Waals surface area contributed by atoms with Gasteiger partial charge in [-0.2, -0.15) is 0 Å². The van der Waals surface area contributed by atoms with Crippen molar-refractivity contribution in [2.75, 3.05) is 6.54 Å². The molecule has 0 aliphatic carbocycles. The van der Waals surface area contributed by atoms with E-state index in [1.54, 1.807) is 33.8 Å². The minimum Gasteiger partial charge on any atom is -0.457 e. The first kappa shape index (κ1) is 26.4. The Kier molecular flexibility index (Phi) is 7.54. The first-order chi connectivity index (χ1) is 20.0. The maximum atomic E-state index is 13.7. The molecule has 1 aliphatic heterocycles. The number of amides is 1. The number of fused-ring (bicyclic) bond motifs is 1. The molecule has 0 N–H and O–H groups in total. The number of carbonyl (C=O) groups is 2. The van der Waals surface area contributed by atoms with Crippen LogP contribution >= 0.6 is 0 Å². The lowest BCUT2D eigenvalue weighted by Gasteiger charge is -2.24. The monoisotopic (exact) mass is 548 g/mol. The van der Waals surface area contributed by atoms with Gasteiger partial charge in [-0.25, -0.2) is 9.07 Å².